The molecule has 1 amide bonds. The predicted octanol–water partition coefficient (Wildman–Crippen LogP) is 3.88. The van der Waals surface area contributed by atoms with E-state index in [1.807, 2.05) is 41.1 Å². The van der Waals surface area contributed by atoms with Crippen LogP contribution in [0.5, 0.6) is 11.5 Å². The van der Waals surface area contributed by atoms with E-state index in [9.17, 15) is 4.79 Å². The van der Waals surface area contributed by atoms with E-state index in [0.29, 0.717) is 11.7 Å². The lowest BCUT2D eigenvalue weighted by atomic mass is 10.2. The molecule has 3 aromatic rings. The molecule has 2 aliphatic heterocycles. The molecule has 0 atom stereocenters. The van der Waals surface area contributed by atoms with E-state index in [-0.39, 0.29) is 5.91 Å². The molecular weight excluding hydrogens is 330 g/mol. The molecule has 3 N–H and O–H groups in total. The van der Waals surface area contributed by atoms with Crippen LogP contribution < -0.4 is 15.8 Å². The minimum atomic E-state index is -0.0325. The van der Waals surface area contributed by atoms with E-state index < -0.39 is 0 Å². The van der Waals surface area contributed by atoms with Crippen LogP contribution in [0.4, 0.5) is 5.13 Å². The van der Waals surface area contributed by atoms with Crippen LogP contribution >= 0.6 is 22.7 Å². The Labute approximate surface area is 141 Å². The van der Waals surface area contributed by atoms with Gasteiger partial charge in [-0.15, -0.1) is 22.7 Å². The normalized spacial score (nSPS) is 10.8. The van der Waals surface area contributed by atoms with Crippen LogP contribution in [0.25, 0.3) is 10.6 Å². The summed E-state index contributed by atoms with van der Waals surface area (Å²) in [7, 11) is 0. The van der Waals surface area contributed by atoms with Crippen molar-refractivity contribution in [1.82, 2.24) is 10.3 Å². The van der Waals surface area contributed by atoms with Crippen LogP contribution in [0.1, 0.15) is 12.5 Å². The number of amides is 1. The molecule has 5 nitrogen and oxygen atoms in total. The Morgan fingerprint density at radius 2 is 2.04 bits per heavy atom. The third-order valence-electron chi connectivity index (χ3n) is 3.07. The van der Waals surface area contributed by atoms with E-state index in [1.165, 1.54) is 18.3 Å². The number of rotatable bonds is 3. The highest BCUT2D eigenvalue weighted by Gasteiger charge is 2.10. The second-order valence-corrected chi connectivity index (χ2v) is 6.64. The zero-order chi connectivity index (χ0) is 16.2. The van der Waals surface area contributed by atoms with Crippen molar-refractivity contribution in [3.8, 4) is 22.1 Å². The lowest BCUT2D eigenvalue weighted by Crippen LogP contribution is -2.18. The summed E-state index contributed by atoms with van der Waals surface area (Å²) in [6, 6.07) is 9.85. The van der Waals surface area contributed by atoms with Gasteiger partial charge in [-0.25, -0.2) is 4.98 Å². The van der Waals surface area contributed by atoms with Crippen molar-refractivity contribution < 1.29 is 9.53 Å². The molecule has 7 heteroatoms. The first kappa shape index (κ1) is 15.5. The molecule has 1 aromatic carbocycles. The second-order valence-electron chi connectivity index (χ2n) is 4.83. The Bertz CT molecular complexity index is 801. The molecule has 0 radical (unpaired) electrons. The molecule has 0 fully saturated rings. The van der Waals surface area contributed by atoms with Gasteiger partial charge >= 0.3 is 0 Å². The minimum Gasteiger partial charge on any atom is -0.457 e. The number of ether oxygens (including phenoxy) is 1. The fourth-order valence-electron chi connectivity index (χ4n) is 1.99. The maximum absolute atomic E-state index is 10.8. The summed E-state index contributed by atoms with van der Waals surface area (Å²) in [5, 5.41) is 7.26. The van der Waals surface area contributed by atoms with E-state index >= 15 is 0 Å². The Morgan fingerprint density at radius 3 is 2.52 bits per heavy atom. The number of carbonyl (C=O) groups excluding carboxylic acids is 1. The fourth-order valence-corrected chi connectivity index (χ4v) is 3.50. The lowest BCUT2D eigenvalue weighted by Gasteiger charge is -2.13. The Balaban J connectivity index is 0.000000183. The highest BCUT2D eigenvalue weighted by atomic mass is 32.1. The van der Waals surface area contributed by atoms with Crippen LogP contribution in [0.15, 0.2) is 41.1 Å². The third-order valence-corrected chi connectivity index (χ3v) is 4.72. The number of thiazole rings is 1. The fraction of sp³-hybridized carbons (Fsp3) is 0.125. The van der Waals surface area contributed by atoms with Gasteiger partial charge in [-0.05, 0) is 29.1 Å². The Morgan fingerprint density at radius 1 is 1.30 bits per heavy atom. The maximum atomic E-state index is 10.8. The van der Waals surface area contributed by atoms with Crippen LogP contribution in [0, 0.1) is 0 Å². The smallest absolute Gasteiger partial charge is 0.217 e. The van der Waals surface area contributed by atoms with Gasteiger partial charge in [0.15, 0.2) is 5.13 Å². The van der Waals surface area contributed by atoms with E-state index in [2.05, 4.69) is 10.3 Å². The van der Waals surface area contributed by atoms with Crippen LogP contribution in [-0.2, 0) is 11.3 Å². The summed E-state index contributed by atoms with van der Waals surface area (Å²) in [6.07, 6.45) is 0. The van der Waals surface area contributed by atoms with Crippen LogP contribution in [-0.4, -0.2) is 10.9 Å². The summed E-state index contributed by atoms with van der Waals surface area (Å²) < 4.78 is 5.01. The number of hydrogen-bond acceptors (Lipinski definition) is 6. The number of benzene rings is 1. The highest BCUT2D eigenvalue weighted by molar-refractivity contribution is 7.15. The number of thiophene rings is 1. The average molecular weight is 345 g/mol. The molecule has 118 valence electrons. The van der Waals surface area contributed by atoms with Gasteiger partial charge in [0.1, 0.15) is 11.5 Å². The van der Waals surface area contributed by atoms with E-state index in [0.717, 1.165) is 27.6 Å². The van der Waals surface area contributed by atoms with Gasteiger partial charge in [-0.2, -0.15) is 0 Å². The number of nitrogens with zero attached hydrogens (tertiary/aromatic N) is 1. The molecule has 2 aliphatic rings. The van der Waals surface area contributed by atoms with Crippen molar-refractivity contribution in [2.45, 2.75) is 13.5 Å². The van der Waals surface area contributed by atoms with Crippen molar-refractivity contribution in [3.63, 3.8) is 0 Å². The van der Waals surface area contributed by atoms with Gasteiger partial charge in [0, 0.05) is 24.9 Å². The topological polar surface area (TPSA) is 77.2 Å². The summed E-state index contributed by atoms with van der Waals surface area (Å²) in [4.78, 5) is 16.2. The number of nitrogen functional groups attached to an aromatic ring is 1. The van der Waals surface area contributed by atoms with Gasteiger partial charge < -0.3 is 15.8 Å². The standard InChI is InChI=1S/C10H11N3OS2.C6H4O/c1-6(14)12-4-7-2-3-15-9(7)8-5-16-10(11)13-8;1-2-5-4-6(3-1)7-5/h2-3,5H,4H2,1H3,(H2,11,13)(H,12,14);1-4H. The lowest BCUT2D eigenvalue weighted by molar-refractivity contribution is -0.119. The first-order chi connectivity index (χ1) is 11.1. The van der Waals surface area contributed by atoms with Crippen molar-refractivity contribution in [2.75, 3.05) is 5.73 Å². The Hall–Kier alpha value is -2.38. The number of aromatic nitrogens is 1. The molecule has 5 rings (SSSR count). The van der Waals surface area contributed by atoms with Crippen LogP contribution in [0.3, 0.4) is 0 Å². The van der Waals surface area contributed by atoms with E-state index in [4.69, 9.17) is 10.5 Å². The zero-order valence-electron chi connectivity index (χ0n) is 12.4. The van der Waals surface area contributed by atoms with Gasteiger partial charge in [-0.3, -0.25) is 4.79 Å². The largest absolute Gasteiger partial charge is 0.457 e. The summed E-state index contributed by atoms with van der Waals surface area (Å²) in [5.41, 5.74) is 7.56. The zero-order valence-corrected chi connectivity index (χ0v) is 14.0. The average Bonchev–Trinajstić information content (AvgIpc) is 3.14. The van der Waals surface area contributed by atoms with Crippen molar-refractivity contribution in [3.05, 3.63) is 46.7 Å². The van der Waals surface area contributed by atoms with Gasteiger partial charge in [0.2, 0.25) is 5.91 Å². The van der Waals surface area contributed by atoms with Crippen molar-refractivity contribution in [2.24, 2.45) is 0 Å². The molecule has 2 aromatic heterocycles. The predicted molar refractivity (Wildman–Crippen MR) is 93.9 cm³/mol. The number of nitrogens with two attached hydrogens (primary N) is 1. The van der Waals surface area contributed by atoms with Crippen molar-refractivity contribution >= 4 is 33.7 Å². The second kappa shape index (κ2) is 6.80. The summed E-state index contributed by atoms with van der Waals surface area (Å²) >= 11 is 3.03. The van der Waals surface area contributed by atoms with Crippen molar-refractivity contribution in [1.29, 1.82) is 0 Å². The molecule has 0 unspecified atom stereocenters. The number of carbonyl (C=O) groups is 1. The molecule has 4 heterocycles. The van der Waals surface area contributed by atoms with Gasteiger partial charge in [0.05, 0.1) is 10.6 Å². The molecular formula is C16H15N3O2S2. The maximum Gasteiger partial charge on any atom is 0.217 e. The summed E-state index contributed by atoms with van der Waals surface area (Å²) in [6.45, 7) is 2.04. The number of nitrogens with one attached hydrogen (secondary N) is 1. The third kappa shape index (κ3) is 3.88. The molecule has 0 saturated heterocycles. The SMILES string of the molecule is CC(=O)NCc1ccsc1-c1csc(N)n1.c1cc2cc(c1)O2. The first-order valence-electron chi connectivity index (χ1n) is 6.92. The molecule has 0 aliphatic carbocycles. The minimum absolute atomic E-state index is 0.0325. The Kier molecular flexibility index (Phi) is 4.59. The summed E-state index contributed by atoms with van der Waals surface area (Å²) in [5.74, 6) is 1.94. The van der Waals surface area contributed by atoms with Crippen LogP contribution in [0.2, 0.25) is 0 Å². The first-order valence-corrected chi connectivity index (χ1v) is 8.68. The van der Waals surface area contributed by atoms with Gasteiger partial charge in [0.25, 0.3) is 0 Å². The molecule has 2 bridgehead atoms. The quantitative estimate of drug-likeness (QED) is 0.591. The molecule has 0 spiro atoms. The molecule has 23 heavy (non-hydrogen) atoms. The number of fused-ring (bicyclic) bond motifs is 2. The molecule has 0 saturated carbocycles. The highest BCUT2D eigenvalue weighted by Crippen LogP contribution is 2.33. The number of hydrogen-bond donors (Lipinski definition) is 2. The van der Waals surface area contributed by atoms with E-state index in [1.54, 1.807) is 11.3 Å². The van der Waals surface area contributed by atoms with Gasteiger partial charge in [-0.1, -0.05) is 6.07 Å². The monoisotopic (exact) mass is 345 g/mol. The number of anilines is 1.